The number of carbonyl (C=O) groups is 1. The summed E-state index contributed by atoms with van der Waals surface area (Å²) in [6.07, 6.45) is 2.77. The highest BCUT2D eigenvalue weighted by Gasteiger charge is 2.19. The maximum Gasteiger partial charge on any atom is 0.268 e. The molecule has 3 rings (SSSR count). The molecule has 152 valence electrons. The molecule has 7 heteroatoms. The van der Waals surface area contributed by atoms with Gasteiger partial charge < -0.3 is 9.30 Å². The highest BCUT2D eigenvalue weighted by atomic mass is 19.1. The number of rotatable bonds is 7. The molecule has 0 aliphatic rings. The number of nitrogens with zero attached hydrogens (tertiary/aromatic N) is 3. The molecule has 0 saturated heterocycles. The van der Waals surface area contributed by atoms with Crippen LogP contribution in [0, 0.1) is 28.5 Å². The number of ketones is 1. The first-order valence-corrected chi connectivity index (χ1v) is 9.18. The van der Waals surface area contributed by atoms with E-state index in [2.05, 4.69) is 6.58 Å². The Morgan fingerprint density at radius 1 is 1.13 bits per heavy atom. The summed E-state index contributed by atoms with van der Waals surface area (Å²) >= 11 is 0. The Labute approximate surface area is 177 Å². The molecule has 0 amide bonds. The largest absolute Gasteiger partial charge is 0.488 e. The van der Waals surface area contributed by atoms with Crippen LogP contribution in [-0.4, -0.2) is 10.4 Å². The van der Waals surface area contributed by atoms with Crippen molar-refractivity contribution in [3.63, 3.8) is 0 Å². The van der Waals surface area contributed by atoms with Crippen molar-refractivity contribution in [2.45, 2.75) is 13.2 Å². The van der Waals surface area contributed by atoms with Crippen LogP contribution in [0.3, 0.4) is 0 Å². The summed E-state index contributed by atoms with van der Waals surface area (Å²) in [5, 5.41) is 18.1. The molecular weight excluding hydrogens is 397 g/mol. The van der Waals surface area contributed by atoms with Gasteiger partial charge in [-0.25, -0.2) is 4.39 Å². The summed E-state index contributed by atoms with van der Waals surface area (Å²) in [4.78, 5) is 25.3. The third-order valence-electron chi connectivity index (χ3n) is 4.46. The summed E-state index contributed by atoms with van der Waals surface area (Å²) in [6.45, 7) is 3.77. The van der Waals surface area contributed by atoms with Crippen LogP contribution in [0.25, 0.3) is 0 Å². The number of allylic oxidation sites excluding steroid dienone is 1. The first kappa shape index (κ1) is 21.2. The van der Waals surface area contributed by atoms with Crippen LogP contribution >= 0.6 is 0 Å². The monoisotopic (exact) mass is 413 g/mol. The maximum absolute atomic E-state index is 13.9. The summed E-state index contributed by atoms with van der Waals surface area (Å²) < 4.78 is 20.8. The highest BCUT2D eigenvalue weighted by Crippen LogP contribution is 2.24. The predicted molar refractivity (Wildman–Crippen MR) is 111 cm³/mol. The molecule has 1 aromatic heterocycles. The van der Waals surface area contributed by atoms with Crippen molar-refractivity contribution in [2.24, 2.45) is 0 Å². The molecular formula is C24H16FN3O3. The SMILES string of the molecule is C=CCn1cc(C(=O)c2cc(F)ccc2OCc2ccc(C#N)cc2)cc(C#N)c1=O. The number of aromatic nitrogens is 1. The summed E-state index contributed by atoms with van der Waals surface area (Å²) in [5.41, 5.74) is 0.519. The fraction of sp³-hybridized carbons (Fsp3) is 0.0833. The molecule has 31 heavy (non-hydrogen) atoms. The van der Waals surface area contributed by atoms with Crippen molar-refractivity contribution in [1.29, 1.82) is 10.5 Å². The molecule has 3 aromatic rings. The maximum atomic E-state index is 13.9. The minimum Gasteiger partial charge on any atom is -0.488 e. The normalized spacial score (nSPS) is 10.0. The van der Waals surface area contributed by atoms with Crippen molar-refractivity contribution in [1.82, 2.24) is 4.57 Å². The van der Waals surface area contributed by atoms with Crippen LogP contribution in [0.5, 0.6) is 5.75 Å². The van der Waals surface area contributed by atoms with Gasteiger partial charge in [0, 0.05) is 18.3 Å². The van der Waals surface area contributed by atoms with E-state index >= 15 is 0 Å². The lowest BCUT2D eigenvalue weighted by atomic mass is 10.0. The second-order valence-electron chi connectivity index (χ2n) is 6.57. The van der Waals surface area contributed by atoms with Crippen molar-refractivity contribution >= 4 is 5.78 Å². The average molecular weight is 413 g/mol. The van der Waals surface area contributed by atoms with E-state index in [1.54, 1.807) is 30.3 Å². The quantitative estimate of drug-likeness (QED) is 0.434. The number of ether oxygens (including phenoxy) is 1. The number of pyridine rings is 1. The lowest BCUT2D eigenvalue weighted by Crippen LogP contribution is -2.23. The molecule has 2 aromatic carbocycles. The minimum absolute atomic E-state index is 0.0404. The third kappa shape index (κ3) is 4.75. The zero-order valence-electron chi connectivity index (χ0n) is 16.3. The minimum atomic E-state index is -0.631. The van der Waals surface area contributed by atoms with Gasteiger partial charge in [-0.15, -0.1) is 6.58 Å². The lowest BCUT2D eigenvalue weighted by molar-refractivity contribution is 0.103. The molecule has 0 aliphatic carbocycles. The molecule has 0 atom stereocenters. The van der Waals surface area contributed by atoms with Crippen LogP contribution in [0.15, 0.2) is 72.2 Å². The van der Waals surface area contributed by atoms with Crippen LogP contribution in [0.1, 0.15) is 32.6 Å². The van der Waals surface area contributed by atoms with Crippen LogP contribution in [0.2, 0.25) is 0 Å². The zero-order chi connectivity index (χ0) is 22.4. The number of carbonyl (C=O) groups excluding carboxylic acids is 1. The average Bonchev–Trinajstić information content (AvgIpc) is 2.79. The molecule has 0 fully saturated rings. The summed E-state index contributed by atoms with van der Waals surface area (Å²) in [6, 6.07) is 15.3. The Kier molecular flexibility index (Phi) is 6.39. The summed E-state index contributed by atoms with van der Waals surface area (Å²) in [5.74, 6) is -1.08. The Morgan fingerprint density at radius 3 is 2.52 bits per heavy atom. The van der Waals surface area contributed by atoms with E-state index in [-0.39, 0.29) is 35.6 Å². The van der Waals surface area contributed by atoms with Gasteiger partial charge in [0.25, 0.3) is 5.56 Å². The van der Waals surface area contributed by atoms with E-state index < -0.39 is 17.2 Å². The van der Waals surface area contributed by atoms with Crippen molar-refractivity contribution in [2.75, 3.05) is 0 Å². The highest BCUT2D eigenvalue weighted by molar-refractivity contribution is 6.10. The van der Waals surface area contributed by atoms with Crippen LogP contribution in [-0.2, 0) is 13.2 Å². The van der Waals surface area contributed by atoms with Gasteiger partial charge in [0.1, 0.15) is 29.8 Å². The van der Waals surface area contributed by atoms with Crippen molar-refractivity contribution in [3.8, 4) is 17.9 Å². The number of nitriles is 2. The third-order valence-corrected chi connectivity index (χ3v) is 4.46. The molecule has 0 unspecified atom stereocenters. The number of benzene rings is 2. The number of hydrogen-bond donors (Lipinski definition) is 0. The van der Waals surface area contributed by atoms with Gasteiger partial charge in [0.15, 0.2) is 5.78 Å². The molecule has 0 N–H and O–H groups in total. The number of hydrogen-bond acceptors (Lipinski definition) is 5. The van der Waals surface area contributed by atoms with E-state index in [0.717, 1.165) is 11.6 Å². The van der Waals surface area contributed by atoms with Gasteiger partial charge in [0.2, 0.25) is 0 Å². The Balaban J connectivity index is 1.96. The molecule has 0 bridgehead atoms. The second-order valence-corrected chi connectivity index (χ2v) is 6.57. The van der Waals surface area contributed by atoms with E-state index in [1.165, 1.54) is 35.0 Å². The van der Waals surface area contributed by atoms with E-state index in [1.807, 2.05) is 6.07 Å². The van der Waals surface area contributed by atoms with E-state index in [9.17, 15) is 19.2 Å². The topological polar surface area (TPSA) is 95.9 Å². The van der Waals surface area contributed by atoms with E-state index in [4.69, 9.17) is 10.00 Å². The van der Waals surface area contributed by atoms with Crippen molar-refractivity contribution < 1.29 is 13.9 Å². The summed E-state index contributed by atoms with van der Waals surface area (Å²) in [7, 11) is 0. The molecule has 0 radical (unpaired) electrons. The smallest absolute Gasteiger partial charge is 0.268 e. The first-order chi connectivity index (χ1) is 15.0. The Bertz CT molecular complexity index is 1300. The van der Waals surface area contributed by atoms with Crippen LogP contribution in [0.4, 0.5) is 4.39 Å². The standard InChI is InChI=1S/C24H16FN3O3/c1-2-9-28-14-19(10-18(13-27)24(28)30)23(29)21-11-20(25)7-8-22(21)31-15-17-5-3-16(12-26)4-6-17/h2-8,10-11,14H,1,9,15H2. The second kappa shape index (κ2) is 9.34. The molecule has 6 nitrogen and oxygen atoms in total. The molecule has 1 heterocycles. The van der Waals surface area contributed by atoms with Gasteiger partial charge in [0.05, 0.1) is 17.2 Å². The predicted octanol–water partition coefficient (Wildman–Crippen LogP) is 3.73. The first-order valence-electron chi connectivity index (χ1n) is 9.18. The fourth-order valence-electron chi connectivity index (χ4n) is 2.91. The molecule has 0 spiro atoms. The lowest BCUT2D eigenvalue weighted by Gasteiger charge is -2.12. The zero-order valence-corrected chi connectivity index (χ0v) is 16.3. The number of halogens is 1. The Morgan fingerprint density at radius 2 is 1.87 bits per heavy atom. The Hall–Kier alpha value is -4.49. The van der Waals surface area contributed by atoms with Gasteiger partial charge in [-0.2, -0.15) is 10.5 Å². The molecule has 0 saturated carbocycles. The van der Waals surface area contributed by atoms with Crippen molar-refractivity contribution in [3.05, 3.63) is 111 Å². The van der Waals surface area contributed by atoms with E-state index in [0.29, 0.717) is 5.56 Å². The van der Waals surface area contributed by atoms with Gasteiger partial charge in [-0.05, 0) is 42.0 Å². The van der Waals surface area contributed by atoms with Gasteiger partial charge in [-0.1, -0.05) is 18.2 Å². The van der Waals surface area contributed by atoms with Gasteiger partial charge >= 0.3 is 0 Å². The molecule has 0 aliphatic heterocycles. The fourth-order valence-corrected chi connectivity index (χ4v) is 2.91. The van der Waals surface area contributed by atoms with Crippen LogP contribution < -0.4 is 10.3 Å². The van der Waals surface area contributed by atoms with Gasteiger partial charge in [-0.3, -0.25) is 9.59 Å².